The minimum absolute atomic E-state index is 0.217. The van der Waals surface area contributed by atoms with Crippen molar-refractivity contribution >= 4 is 16.5 Å². The molecule has 0 aliphatic rings. The number of benzene rings is 1. The smallest absolute Gasteiger partial charge is 0.183 e. The Labute approximate surface area is 105 Å². The quantitative estimate of drug-likeness (QED) is 0.884. The average Bonchev–Trinajstić information content (AvgIpc) is 2.69. The molecule has 0 saturated heterocycles. The van der Waals surface area contributed by atoms with Crippen LogP contribution in [0.15, 0.2) is 24.3 Å². The number of thiazole rings is 1. The zero-order chi connectivity index (χ0) is 12.3. The summed E-state index contributed by atoms with van der Waals surface area (Å²) in [6.07, 6.45) is 1.07. The Balaban J connectivity index is 2.26. The highest BCUT2D eigenvalue weighted by Gasteiger charge is 2.09. The summed E-state index contributed by atoms with van der Waals surface area (Å²) in [6.45, 7) is 5.08. The van der Waals surface area contributed by atoms with E-state index < -0.39 is 0 Å². The number of hydrogen-bond donors (Lipinski definition) is 1. The summed E-state index contributed by atoms with van der Waals surface area (Å²) >= 11 is 1.64. The molecule has 1 heterocycles. The van der Waals surface area contributed by atoms with E-state index in [-0.39, 0.29) is 5.82 Å². The maximum atomic E-state index is 12.8. The highest BCUT2D eigenvalue weighted by Crippen LogP contribution is 2.30. The first-order valence-corrected chi connectivity index (χ1v) is 6.49. The van der Waals surface area contributed by atoms with Crippen molar-refractivity contribution < 1.29 is 4.39 Å². The lowest BCUT2D eigenvalue weighted by Crippen LogP contribution is -1.98. The third-order valence-electron chi connectivity index (χ3n) is 2.44. The van der Waals surface area contributed by atoms with Gasteiger partial charge in [-0.3, -0.25) is 0 Å². The van der Waals surface area contributed by atoms with Gasteiger partial charge < -0.3 is 5.32 Å². The molecule has 0 unspecified atom stereocenters. The Morgan fingerprint density at radius 2 is 2.00 bits per heavy atom. The first kappa shape index (κ1) is 12.0. The molecule has 0 fully saturated rings. The van der Waals surface area contributed by atoms with Crippen molar-refractivity contribution in [2.45, 2.75) is 20.3 Å². The average molecular weight is 250 g/mol. The highest BCUT2D eigenvalue weighted by molar-refractivity contribution is 7.16. The van der Waals surface area contributed by atoms with E-state index >= 15 is 0 Å². The SMILES string of the molecule is CCCNc1nc(-c2ccc(F)cc2)c(C)s1. The van der Waals surface area contributed by atoms with Crippen LogP contribution in [-0.4, -0.2) is 11.5 Å². The summed E-state index contributed by atoms with van der Waals surface area (Å²) in [5.74, 6) is -0.217. The van der Waals surface area contributed by atoms with Crippen molar-refractivity contribution in [1.29, 1.82) is 0 Å². The van der Waals surface area contributed by atoms with E-state index in [4.69, 9.17) is 0 Å². The van der Waals surface area contributed by atoms with E-state index in [1.165, 1.54) is 12.1 Å². The molecule has 0 aliphatic carbocycles. The number of halogens is 1. The molecule has 2 rings (SSSR count). The standard InChI is InChI=1S/C13H15FN2S/c1-3-8-15-13-16-12(9(2)17-13)10-4-6-11(14)7-5-10/h4-7H,3,8H2,1-2H3,(H,15,16). The Kier molecular flexibility index (Phi) is 3.74. The Morgan fingerprint density at radius 1 is 1.29 bits per heavy atom. The minimum atomic E-state index is -0.217. The topological polar surface area (TPSA) is 24.9 Å². The van der Waals surface area contributed by atoms with E-state index in [1.54, 1.807) is 23.5 Å². The molecule has 17 heavy (non-hydrogen) atoms. The van der Waals surface area contributed by atoms with Gasteiger partial charge in [-0.2, -0.15) is 0 Å². The lowest BCUT2D eigenvalue weighted by molar-refractivity contribution is 0.628. The Bertz CT molecular complexity index is 491. The molecule has 2 nitrogen and oxygen atoms in total. The second kappa shape index (κ2) is 5.27. The normalized spacial score (nSPS) is 10.5. The monoisotopic (exact) mass is 250 g/mol. The van der Waals surface area contributed by atoms with Crippen LogP contribution < -0.4 is 5.32 Å². The maximum Gasteiger partial charge on any atom is 0.183 e. The number of aromatic nitrogens is 1. The van der Waals surface area contributed by atoms with Crippen LogP contribution in [0.25, 0.3) is 11.3 Å². The molecule has 90 valence electrons. The van der Waals surface area contributed by atoms with Crippen molar-refractivity contribution in [3.63, 3.8) is 0 Å². The number of anilines is 1. The number of aryl methyl sites for hydroxylation is 1. The summed E-state index contributed by atoms with van der Waals surface area (Å²) in [4.78, 5) is 5.68. The van der Waals surface area contributed by atoms with E-state index in [1.807, 2.05) is 6.92 Å². The zero-order valence-corrected chi connectivity index (χ0v) is 10.8. The third-order valence-corrected chi connectivity index (χ3v) is 3.37. The molecule has 0 spiro atoms. The number of hydrogen-bond acceptors (Lipinski definition) is 3. The lowest BCUT2D eigenvalue weighted by Gasteiger charge is -1.98. The molecule has 0 amide bonds. The van der Waals surface area contributed by atoms with Crippen LogP contribution in [0.2, 0.25) is 0 Å². The molecule has 0 aliphatic heterocycles. The largest absolute Gasteiger partial charge is 0.362 e. The van der Waals surface area contributed by atoms with E-state index in [2.05, 4.69) is 17.2 Å². The lowest BCUT2D eigenvalue weighted by atomic mass is 10.1. The van der Waals surface area contributed by atoms with Crippen LogP contribution in [0.4, 0.5) is 9.52 Å². The number of nitrogens with one attached hydrogen (secondary N) is 1. The van der Waals surface area contributed by atoms with Crippen molar-refractivity contribution in [2.24, 2.45) is 0 Å². The molecular formula is C13H15FN2S. The second-order valence-corrected chi connectivity index (χ2v) is 5.06. The van der Waals surface area contributed by atoms with Gasteiger partial charge in [-0.25, -0.2) is 9.37 Å². The van der Waals surface area contributed by atoms with Gasteiger partial charge in [-0.15, -0.1) is 11.3 Å². The molecular weight excluding hydrogens is 235 g/mol. The van der Waals surface area contributed by atoms with Gasteiger partial charge in [-0.05, 0) is 37.6 Å². The van der Waals surface area contributed by atoms with Crippen LogP contribution >= 0.6 is 11.3 Å². The summed E-state index contributed by atoms with van der Waals surface area (Å²) in [6, 6.07) is 6.46. The van der Waals surface area contributed by atoms with Crippen LogP contribution in [0.5, 0.6) is 0 Å². The van der Waals surface area contributed by atoms with E-state index in [9.17, 15) is 4.39 Å². The van der Waals surface area contributed by atoms with Crippen molar-refractivity contribution in [2.75, 3.05) is 11.9 Å². The van der Waals surface area contributed by atoms with Gasteiger partial charge in [-0.1, -0.05) is 6.92 Å². The fourth-order valence-corrected chi connectivity index (χ4v) is 2.44. The summed E-state index contributed by atoms with van der Waals surface area (Å²) in [5.41, 5.74) is 1.90. The molecule has 2 aromatic rings. The van der Waals surface area contributed by atoms with Crippen molar-refractivity contribution in [3.8, 4) is 11.3 Å². The van der Waals surface area contributed by atoms with Gasteiger partial charge in [0.05, 0.1) is 5.69 Å². The second-order valence-electron chi connectivity index (χ2n) is 3.86. The molecule has 4 heteroatoms. The van der Waals surface area contributed by atoms with Gasteiger partial charge in [0.25, 0.3) is 0 Å². The molecule has 0 bridgehead atoms. The van der Waals surface area contributed by atoms with E-state index in [0.717, 1.165) is 34.2 Å². The fraction of sp³-hybridized carbons (Fsp3) is 0.308. The van der Waals surface area contributed by atoms with Crippen molar-refractivity contribution in [1.82, 2.24) is 4.98 Å². The van der Waals surface area contributed by atoms with E-state index in [0.29, 0.717) is 0 Å². The molecule has 1 N–H and O–H groups in total. The van der Waals surface area contributed by atoms with Crippen LogP contribution in [0.3, 0.4) is 0 Å². The summed E-state index contributed by atoms with van der Waals surface area (Å²) < 4.78 is 12.8. The molecule has 0 saturated carbocycles. The number of nitrogens with zero attached hydrogens (tertiary/aromatic N) is 1. The number of rotatable bonds is 4. The van der Waals surface area contributed by atoms with Crippen molar-refractivity contribution in [3.05, 3.63) is 35.0 Å². The highest BCUT2D eigenvalue weighted by atomic mass is 32.1. The zero-order valence-electron chi connectivity index (χ0n) is 9.96. The van der Waals surface area contributed by atoms with Gasteiger partial charge in [0.15, 0.2) is 5.13 Å². The first-order chi connectivity index (χ1) is 8.20. The molecule has 1 aromatic heterocycles. The summed E-state index contributed by atoms with van der Waals surface area (Å²) in [7, 11) is 0. The van der Waals surface area contributed by atoms with Gasteiger partial charge >= 0.3 is 0 Å². The molecule has 1 aromatic carbocycles. The molecule has 0 atom stereocenters. The van der Waals surface area contributed by atoms with Gasteiger partial charge in [0.2, 0.25) is 0 Å². The third kappa shape index (κ3) is 2.82. The van der Waals surface area contributed by atoms with Crippen LogP contribution in [-0.2, 0) is 0 Å². The van der Waals surface area contributed by atoms with Gasteiger partial charge in [0, 0.05) is 17.0 Å². The van der Waals surface area contributed by atoms with Crippen LogP contribution in [0.1, 0.15) is 18.2 Å². The predicted molar refractivity (Wildman–Crippen MR) is 71.0 cm³/mol. The Morgan fingerprint density at radius 3 is 2.65 bits per heavy atom. The maximum absolute atomic E-state index is 12.8. The molecule has 0 radical (unpaired) electrons. The van der Waals surface area contributed by atoms with Crippen LogP contribution in [0, 0.1) is 12.7 Å². The van der Waals surface area contributed by atoms with Gasteiger partial charge in [0.1, 0.15) is 5.82 Å². The predicted octanol–water partition coefficient (Wildman–Crippen LogP) is 4.08. The first-order valence-electron chi connectivity index (χ1n) is 5.68. The summed E-state index contributed by atoms with van der Waals surface area (Å²) in [5, 5.41) is 4.20. The minimum Gasteiger partial charge on any atom is -0.362 e. The Hall–Kier alpha value is -1.42. The fourth-order valence-electron chi connectivity index (χ4n) is 1.58.